The van der Waals surface area contributed by atoms with Gasteiger partial charge >= 0.3 is 5.97 Å². The Morgan fingerprint density at radius 1 is 1.03 bits per heavy atom. The van der Waals surface area contributed by atoms with Gasteiger partial charge in [-0.25, -0.2) is 4.90 Å². The minimum absolute atomic E-state index is 0.143. The highest BCUT2D eigenvalue weighted by molar-refractivity contribution is 6.35. The minimum atomic E-state index is -0.698. The molecule has 1 aliphatic heterocycles. The summed E-state index contributed by atoms with van der Waals surface area (Å²) in [6, 6.07) is 10.4. The van der Waals surface area contributed by atoms with Crippen molar-refractivity contribution >= 4 is 40.3 Å². The fourth-order valence-electron chi connectivity index (χ4n) is 5.92. The number of anilines is 1. The van der Waals surface area contributed by atoms with E-state index < -0.39 is 11.3 Å². The number of methoxy groups -OCH3 is 1. The number of carbonyl (C=O) groups excluding carboxylic acids is 4. The summed E-state index contributed by atoms with van der Waals surface area (Å²) in [5, 5.41) is 0.758. The van der Waals surface area contributed by atoms with E-state index in [1.807, 2.05) is 33.8 Å². The van der Waals surface area contributed by atoms with Crippen LogP contribution in [0.5, 0.6) is 0 Å². The number of amides is 2. The number of benzene rings is 2. The largest absolute Gasteiger partial charge is 0.469 e. The molecule has 7 nitrogen and oxygen atoms in total. The van der Waals surface area contributed by atoms with Crippen LogP contribution >= 0.6 is 0 Å². The lowest BCUT2D eigenvalue weighted by molar-refractivity contribution is -0.142. The SMILES string of the molecule is COC(=O)C(CC1CCCC1)c1cn(C(=O)C(C)(C)C)c2cc(N3C(=O)c4ccccc4C3=O)c(C)cc12. The fourth-order valence-corrected chi connectivity index (χ4v) is 5.92. The van der Waals surface area contributed by atoms with Gasteiger partial charge in [0.1, 0.15) is 0 Å². The Bertz CT molecular complexity index is 1430. The van der Waals surface area contributed by atoms with Crippen LogP contribution in [0.25, 0.3) is 10.9 Å². The van der Waals surface area contributed by atoms with E-state index in [-0.39, 0.29) is 23.7 Å². The fraction of sp³-hybridized carbons (Fsp3) is 0.419. The number of aryl methyl sites for hydroxylation is 1. The second-order valence-corrected chi connectivity index (χ2v) is 11.6. The van der Waals surface area contributed by atoms with E-state index in [2.05, 4.69) is 0 Å². The molecule has 7 heteroatoms. The van der Waals surface area contributed by atoms with E-state index in [1.54, 1.807) is 41.1 Å². The number of rotatable bonds is 5. The first-order chi connectivity index (χ1) is 18.0. The summed E-state index contributed by atoms with van der Waals surface area (Å²) < 4.78 is 6.81. The molecule has 1 aromatic heterocycles. The van der Waals surface area contributed by atoms with Crippen molar-refractivity contribution in [3.63, 3.8) is 0 Å². The maximum absolute atomic E-state index is 13.6. The molecule has 0 spiro atoms. The molecular weight excluding hydrogens is 480 g/mol. The van der Waals surface area contributed by atoms with E-state index in [0.29, 0.717) is 40.2 Å². The normalized spacial score (nSPS) is 16.8. The van der Waals surface area contributed by atoms with Crippen LogP contribution in [0.3, 0.4) is 0 Å². The lowest BCUT2D eigenvalue weighted by Crippen LogP contribution is -2.30. The van der Waals surface area contributed by atoms with Crippen molar-refractivity contribution in [3.05, 3.63) is 64.8 Å². The van der Waals surface area contributed by atoms with Crippen LogP contribution in [0.2, 0.25) is 0 Å². The lowest BCUT2D eigenvalue weighted by Gasteiger charge is -2.20. The first-order valence-corrected chi connectivity index (χ1v) is 13.3. The Hall–Kier alpha value is -3.74. The number of esters is 1. The number of aromatic nitrogens is 1. The van der Waals surface area contributed by atoms with Crippen LogP contribution in [0, 0.1) is 18.3 Å². The standard InChI is InChI=1S/C31H34N2O5/c1-18-14-22-24(23(29(36)38-5)15-19-10-6-7-11-19)17-32(30(37)31(2,3)4)26(22)16-25(18)33-27(34)20-12-8-9-13-21(20)28(33)35/h8-9,12-14,16-17,19,23H,6-7,10-11,15H2,1-5H3. The average molecular weight is 515 g/mol. The summed E-state index contributed by atoms with van der Waals surface area (Å²) >= 11 is 0. The molecule has 5 rings (SSSR count). The third kappa shape index (κ3) is 4.24. The minimum Gasteiger partial charge on any atom is -0.469 e. The smallest absolute Gasteiger partial charge is 0.313 e. The van der Waals surface area contributed by atoms with Crippen LogP contribution in [0.1, 0.15) is 95.4 Å². The second kappa shape index (κ2) is 9.53. The van der Waals surface area contributed by atoms with Crippen molar-refractivity contribution in [2.45, 2.75) is 65.7 Å². The van der Waals surface area contributed by atoms with Crippen LogP contribution in [-0.2, 0) is 9.53 Å². The quantitative estimate of drug-likeness (QED) is 0.296. The molecule has 3 aromatic rings. The number of ether oxygens (including phenoxy) is 1. The van der Waals surface area contributed by atoms with Crippen molar-refractivity contribution in [1.82, 2.24) is 4.57 Å². The highest BCUT2D eigenvalue weighted by Crippen LogP contribution is 2.41. The second-order valence-electron chi connectivity index (χ2n) is 11.6. The molecule has 2 heterocycles. The van der Waals surface area contributed by atoms with E-state index in [9.17, 15) is 19.2 Å². The van der Waals surface area contributed by atoms with E-state index in [1.165, 1.54) is 12.0 Å². The molecule has 0 radical (unpaired) electrons. The summed E-state index contributed by atoms with van der Waals surface area (Å²) in [4.78, 5) is 54.4. The van der Waals surface area contributed by atoms with Gasteiger partial charge < -0.3 is 4.74 Å². The van der Waals surface area contributed by atoms with Crippen LogP contribution in [-0.4, -0.2) is 35.4 Å². The maximum Gasteiger partial charge on any atom is 0.313 e. The Balaban J connectivity index is 1.69. The molecule has 1 unspecified atom stereocenters. The summed E-state index contributed by atoms with van der Waals surface area (Å²) in [5.41, 5.74) is 2.48. The highest BCUT2D eigenvalue weighted by atomic mass is 16.5. The Morgan fingerprint density at radius 3 is 2.18 bits per heavy atom. The first-order valence-electron chi connectivity index (χ1n) is 13.3. The van der Waals surface area contributed by atoms with E-state index in [0.717, 1.165) is 36.6 Å². The number of carbonyl (C=O) groups is 4. The van der Waals surface area contributed by atoms with Gasteiger partial charge in [0.15, 0.2) is 0 Å². The summed E-state index contributed by atoms with van der Waals surface area (Å²) in [5.74, 6) is -1.32. The Labute approximate surface area is 222 Å². The van der Waals surface area contributed by atoms with Crippen molar-refractivity contribution in [3.8, 4) is 0 Å². The number of imide groups is 1. The van der Waals surface area contributed by atoms with E-state index in [4.69, 9.17) is 4.74 Å². The zero-order valence-corrected chi connectivity index (χ0v) is 22.7. The summed E-state index contributed by atoms with van der Waals surface area (Å²) in [6.45, 7) is 7.37. The monoisotopic (exact) mass is 514 g/mol. The first kappa shape index (κ1) is 25.9. The maximum atomic E-state index is 13.6. The van der Waals surface area contributed by atoms with Crippen LogP contribution in [0.4, 0.5) is 5.69 Å². The number of nitrogens with zero attached hydrogens (tertiary/aromatic N) is 2. The predicted octanol–water partition coefficient (Wildman–Crippen LogP) is 6.27. The number of fused-ring (bicyclic) bond motifs is 2. The van der Waals surface area contributed by atoms with Gasteiger partial charge in [-0.05, 0) is 54.7 Å². The van der Waals surface area contributed by atoms with Crippen molar-refractivity contribution in [1.29, 1.82) is 0 Å². The molecule has 198 valence electrons. The van der Waals surface area contributed by atoms with Crippen molar-refractivity contribution in [2.24, 2.45) is 11.3 Å². The van der Waals surface area contributed by atoms with Gasteiger partial charge in [0.25, 0.3) is 11.8 Å². The molecule has 0 saturated heterocycles. The van der Waals surface area contributed by atoms with Crippen molar-refractivity contribution < 1.29 is 23.9 Å². The third-order valence-corrected chi connectivity index (χ3v) is 7.95. The van der Waals surface area contributed by atoms with Crippen LogP contribution < -0.4 is 4.90 Å². The zero-order chi connectivity index (χ0) is 27.4. The molecule has 1 aliphatic carbocycles. The van der Waals surface area contributed by atoms with Gasteiger partial charge in [-0.2, -0.15) is 0 Å². The summed E-state index contributed by atoms with van der Waals surface area (Å²) in [7, 11) is 1.40. The Kier molecular flexibility index (Phi) is 6.49. The number of hydrogen-bond donors (Lipinski definition) is 0. The molecule has 38 heavy (non-hydrogen) atoms. The van der Waals surface area contributed by atoms with E-state index >= 15 is 0 Å². The average Bonchev–Trinajstić information content (AvgIpc) is 3.59. The van der Waals surface area contributed by atoms with Crippen LogP contribution in [0.15, 0.2) is 42.6 Å². The lowest BCUT2D eigenvalue weighted by atomic mass is 9.87. The molecule has 2 aromatic carbocycles. The van der Waals surface area contributed by atoms with Gasteiger partial charge in [-0.3, -0.25) is 23.7 Å². The molecule has 1 saturated carbocycles. The molecular formula is C31H34N2O5. The highest BCUT2D eigenvalue weighted by Gasteiger charge is 2.38. The molecule has 1 fully saturated rings. The topological polar surface area (TPSA) is 85.7 Å². The molecule has 2 amide bonds. The zero-order valence-electron chi connectivity index (χ0n) is 22.7. The molecule has 0 bridgehead atoms. The molecule has 2 aliphatic rings. The third-order valence-electron chi connectivity index (χ3n) is 7.95. The molecule has 0 N–H and O–H groups in total. The van der Waals surface area contributed by atoms with Gasteiger partial charge in [0, 0.05) is 17.0 Å². The van der Waals surface area contributed by atoms with Crippen molar-refractivity contribution in [2.75, 3.05) is 12.0 Å². The summed E-state index contributed by atoms with van der Waals surface area (Å²) in [6.07, 6.45) is 6.90. The van der Waals surface area contributed by atoms with Gasteiger partial charge in [-0.1, -0.05) is 58.6 Å². The predicted molar refractivity (Wildman–Crippen MR) is 146 cm³/mol. The Morgan fingerprint density at radius 2 is 1.63 bits per heavy atom. The number of hydrogen-bond acceptors (Lipinski definition) is 5. The molecule has 1 atom stereocenters. The van der Waals surface area contributed by atoms with Gasteiger partial charge in [0.2, 0.25) is 5.91 Å². The van der Waals surface area contributed by atoms with Gasteiger partial charge in [0.05, 0.1) is 35.4 Å². The van der Waals surface area contributed by atoms with Gasteiger partial charge in [-0.15, -0.1) is 0 Å².